The Bertz CT molecular complexity index is 1610. The van der Waals surface area contributed by atoms with Crippen molar-refractivity contribution < 1.29 is 33.8 Å². The summed E-state index contributed by atoms with van der Waals surface area (Å²) in [5.74, 6) is -3.52. The van der Waals surface area contributed by atoms with Crippen molar-refractivity contribution in [2.75, 3.05) is 31.2 Å². The fraction of sp³-hybridized carbons (Fsp3) is 0.444. The van der Waals surface area contributed by atoms with Crippen LogP contribution in [0.15, 0.2) is 71.2 Å². The standard InChI is InChI=1S/C36H39BrClN3O7/c1-22-12-11-15-25(38)30(22)40-17-8-3-7-16-27(43)47-21-26(23-13-5-2-6-14-23)39-33(44)28-29-34(45)41(18-9-4-10-19-42)32(35(40)46)36(29)20-24(37)31(28)48-36/h2-3,5-6,8,11-15,20,26,28-29,31-32,42H,4,7,9-10,16-19,21H2,1H3,(H,39,44)/b8-3-/t26-,28-,29+,31-,32-,36+/m1/s1. The molecule has 6 atom stereocenters. The van der Waals surface area contributed by atoms with Crippen LogP contribution in [0.25, 0.3) is 0 Å². The molecule has 2 aromatic carbocycles. The van der Waals surface area contributed by atoms with Crippen molar-refractivity contribution in [2.24, 2.45) is 11.8 Å². The number of likely N-dealkylation sites (tertiary alicyclic amines) is 1. The molecule has 0 saturated carbocycles. The maximum atomic E-state index is 15.0. The summed E-state index contributed by atoms with van der Waals surface area (Å²) in [5.41, 5.74) is 0.599. The number of allylic oxidation sites excluding steroid dienone is 1. The topological polar surface area (TPSA) is 125 Å². The number of hydrogen-bond acceptors (Lipinski definition) is 7. The fourth-order valence-corrected chi connectivity index (χ4v) is 8.49. The van der Waals surface area contributed by atoms with Crippen molar-refractivity contribution in [3.8, 4) is 0 Å². The molecule has 5 bridgehead atoms. The maximum Gasteiger partial charge on any atom is 0.306 e. The van der Waals surface area contributed by atoms with Crippen molar-refractivity contribution in [1.29, 1.82) is 0 Å². The molecule has 10 nitrogen and oxygen atoms in total. The van der Waals surface area contributed by atoms with Crippen molar-refractivity contribution in [1.82, 2.24) is 10.2 Å². The molecule has 3 amide bonds. The third-order valence-electron chi connectivity index (χ3n) is 9.64. The highest BCUT2D eigenvalue weighted by molar-refractivity contribution is 9.11. The van der Waals surface area contributed by atoms with Gasteiger partial charge in [-0.25, -0.2) is 0 Å². The van der Waals surface area contributed by atoms with Crippen molar-refractivity contribution in [2.45, 2.75) is 62.8 Å². The van der Waals surface area contributed by atoms with Gasteiger partial charge in [0, 0.05) is 30.6 Å². The Balaban J connectivity index is 1.46. The zero-order valence-corrected chi connectivity index (χ0v) is 29.0. The third kappa shape index (κ3) is 6.33. The van der Waals surface area contributed by atoms with Gasteiger partial charge in [0.2, 0.25) is 11.8 Å². The molecule has 2 saturated heterocycles. The van der Waals surface area contributed by atoms with Crippen LogP contribution in [-0.4, -0.2) is 77.7 Å². The lowest BCUT2D eigenvalue weighted by Crippen LogP contribution is -2.56. The SMILES string of the molecule is Cc1cccc(Cl)c1N1C/C=C\CCC(=O)OC[C@H](c2ccccc2)NC(=O)[C@H]2[C@@H]3O[C@@]4(C=C3Br)[C@@H]2C(=O)N(CCCCCO)[C@@H]4C1=O. The minimum atomic E-state index is -1.42. The Morgan fingerprint density at radius 2 is 1.81 bits per heavy atom. The summed E-state index contributed by atoms with van der Waals surface area (Å²) in [6.07, 6.45) is 6.88. The van der Waals surface area contributed by atoms with E-state index in [0.29, 0.717) is 40.9 Å². The second-order valence-corrected chi connectivity index (χ2v) is 14.0. The number of hydrogen-bond donors (Lipinski definition) is 2. The lowest BCUT2D eigenvalue weighted by Gasteiger charge is -2.36. The second kappa shape index (κ2) is 14.5. The number of cyclic esters (lactones) is 1. The van der Waals surface area contributed by atoms with Gasteiger partial charge in [-0.3, -0.25) is 19.2 Å². The Morgan fingerprint density at radius 3 is 2.56 bits per heavy atom. The third-order valence-corrected chi connectivity index (χ3v) is 10.6. The molecule has 6 rings (SSSR count). The van der Waals surface area contributed by atoms with E-state index in [-0.39, 0.29) is 38.6 Å². The number of nitrogens with zero attached hydrogens (tertiary/aromatic N) is 2. The molecule has 2 N–H and O–H groups in total. The average molecular weight is 741 g/mol. The van der Waals surface area contributed by atoms with Crippen LogP contribution in [0.2, 0.25) is 5.02 Å². The molecule has 2 fully saturated rings. The largest absolute Gasteiger partial charge is 0.463 e. The van der Waals surface area contributed by atoms with Crippen LogP contribution in [0.1, 0.15) is 49.3 Å². The van der Waals surface area contributed by atoms with E-state index in [0.717, 1.165) is 11.1 Å². The number of unbranched alkanes of at least 4 members (excludes halogenated alkanes) is 2. The van der Waals surface area contributed by atoms with Crippen LogP contribution in [0.3, 0.4) is 0 Å². The van der Waals surface area contributed by atoms with Crippen LogP contribution in [0.5, 0.6) is 0 Å². The minimum Gasteiger partial charge on any atom is -0.463 e. The number of halogens is 2. The first-order chi connectivity index (χ1) is 23.2. The number of carbonyl (C=O) groups is 4. The molecule has 4 aliphatic heterocycles. The van der Waals surface area contributed by atoms with Crippen LogP contribution < -0.4 is 10.2 Å². The number of carbonyl (C=O) groups excluding carboxylic acids is 4. The average Bonchev–Trinajstić information content (AvgIpc) is 3.66. The molecular weight excluding hydrogens is 702 g/mol. The number of esters is 1. The highest BCUT2D eigenvalue weighted by Crippen LogP contribution is 2.59. The number of rotatable bonds is 7. The lowest BCUT2D eigenvalue weighted by atomic mass is 9.74. The molecule has 254 valence electrons. The number of para-hydroxylation sites is 1. The second-order valence-electron chi connectivity index (χ2n) is 12.7. The molecule has 4 heterocycles. The van der Waals surface area contributed by atoms with E-state index in [1.165, 1.54) is 0 Å². The van der Waals surface area contributed by atoms with E-state index in [2.05, 4.69) is 21.2 Å². The normalized spacial score (nSPS) is 29.8. The van der Waals surface area contributed by atoms with E-state index in [9.17, 15) is 19.5 Å². The van der Waals surface area contributed by atoms with Gasteiger partial charge in [0.1, 0.15) is 24.4 Å². The fourth-order valence-electron chi connectivity index (χ4n) is 7.43. The van der Waals surface area contributed by atoms with E-state index < -0.39 is 53.4 Å². The van der Waals surface area contributed by atoms with Gasteiger partial charge in [-0.2, -0.15) is 0 Å². The summed E-state index contributed by atoms with van der Waals surface area (Å²) in [4.78, 5) is 59.8. The molecule has 0 unspecified atom stereocenters. The number of aryl methyl sites for hydroxylation is 1. The Morgan fingerprint density at radius 1 is 1.02 bits per heavy atom. The Kier molecular flexibility index (Phi) is 10.4. The molecular formula is C36H39BrClN3O7. The molecule has 1 spiro atoms. The highest BCUT2D eigenvalue weighted by Gasteiger charge is 2.74. The first-order valence-corrected chi connectivity index (χ1v) is 17.5. The molecule has 0 radical (unpaired) electrons. The Hall–Kier alpha value is -3.51. The van der Waals surface area contributed by atoms with Gasteiger partial charge in [-0.1, -0.05) is 82.1 Å². The van der Waals surface area contributed by atoms with Gasteiger partial charge in [-0.15, -0.1) is 0 Å². The first kappa shape index (κ1) is 34.4. The maximum absolute atomic E-state index is 15.0. The van der Waals surface area contributed by atoms with Crippen LogP contribution in [-0.2, 0) is 28.7 Å². The summed E-state index contributed by atoms with van der Waals surface area (Å²) in [5, 5.41) is 12.8. The van der Waals surface area contributed by atoms with Crippen LogP contribution in [0, 0.1) is 18.8 Å². The number of nitrogens with one attached hydrogen (secondary N) is 1. The van der Waals surface area contributed by atoms with Crippen LogP contribution in [0.4, 0.5) is 5.69 Å². The first-order valence-electron chi connectivity index (χ1n) is 16.4. The minimum absolute atomic E-state index is 0.0232. The summed E-state index contributed by atoms with van der Waals surface area (Å²) < 4.78 is 12.9. The summed E-state index contributed by atoms with van der Waals surface area (Å²) in [7, 11) is 0. The van der Waals surface area contributed by atoms with Gasteiger partial charge in [0.05, 0.1) is 28.6 Å². The monoisotopic (exact) mass is 739 g/mol. The Labute approximate surface area is 293 Å². The van der Waals surface area contributed by atoms with Crippen molar-refractivity contribution >= 4 is 56.9 Å². The van der Waals surface area contributed by atoms with Crippen molar-refractivity contribution in [3.63, 3.8) is 0 Å². The molecule has 0 aliphatic carbocycles. The zero-order chi connectivity index (χ0) is 34.0. The summed E-state index contributed by atoms with van der Waals surface area (Å²) >= 11 is 10.4. The summed E-state index contributed by atoms with van der Waals surface area (Å²) in [6.45, 7) is 2.16. The molecule has 48 heavy (non-hydrogen) atoms. The number of amides is 3. The zero-order valence-electron chi connectivity index (χ0n) is 26.6. The smallest absolute Gasteiger partial charge is 0.306 e. The molecule has 12 heteroatoms. The molecule has 0 aromatic heterocycles. The summed E-state index contributed by atoms with van der Waals surface area (Å²) in [6, 6.07) is 12.8. The van der Waals surface area contributed by atoms with Crippen molar-refractivity contribution in [3.05, 3.63) is 87.4 Å². The van der Waals surface area contributed by atoms with Crippen LogP contribution >= 0.6 is 27.5 Å². The highest BCUT2D eigenvalue weighted by atomic mass is 79.9. The molecule has 2 aromatic rings. The number of ether oxygens (including phenoxy) is 2. The van der Waals surface area contributed by atoms with Gasteiger partial charge in [0.15, 0.2) is 0 Å². The lowest BCUT2D eigenvalue weighted by molar-refractivity contribution is -0.145. The number of aliphatic hydroxyl groups is 1. The van der Waals surface area contributed by atoms with Gasteiger partial charge < -0.3 is 29.7 Å². The van der Waals surface area contributed by atoms with E-state index in [1.54, 1.807) is 28.0 Å². The van der Waals surface area contributed by atoms with Gasteiger partial charge in [-0.05, 0) is 55.9 Å². The van der Waals surface area contributed by atoms with Gasteiger partial charge >= 0.3 is 5.97 Å². The van der Waals surface area contributed by atoms with Gasteiger partial charge in [0.25, 0.3) is 5.91 Å². The number of benzene rings is 2. The predicted molar refractivity (Wildman–Crippen MR) is 183 cm³/mol. The number of anilines is 1. The predicted octanol–water partition coefficient (Wildman–Crippen LogP) is 4.77. The van der Waals surface area contributed by atoms with E-state index >= 15 is 4.79 Å². The van der Waals surface area contributed by atoms with E-state index in [4.69, 9.17) is 21.1 Å². The molecule has 4 aliphatic rings. The number of aliphatic hydroxyl groups excluding tert-OH is 1. The quantitative estimate of drug-likeness (QED) is 0.238. The van der Waals surface area contributed by atoms with E-state index in [1.807, 2.05) is 55.5 Å². The number of fused-ring (bicyclic) bond motifs is 2.